The highest BCUT2D eigenvalue weighted by atomic mass is 16.5. The van der Waals surface area contributed by atoms with E-state index in [0.29, 0.717) is 62.9 Å². The predicted octanol–water partition coefficient (Wildman–Crippen LogP) is 12.6. The second-order valence-corrected chi connectivity index (χ2v) is 16.9. The lowest BCUT2D eigenvalue weighted by molar-refractivity contribution is -0.152. The highest BCUT2D eigenvalue weighted by Crippen LogP contribution is 2.23. The Balaban J connectivity index is 0. The van der Waals surface area contributed by atoms with Crippen LogP contribution in [0.1, 0.15) is 210 Å². The lowest BCUT2D eigenvalue weighted by Gasteiger charge is -2.20. The number of unbranched alkanes of at least 4 members (excludes halogenated alkanes) is 14. The first-order chi connectivity index (χ1) is 25.8. The lowest BCUT2D eigenvalue weighted by Crippen LogP contribution is -2.24. The Hall–Kier alpha value is -2.12. The van der Waals surface area contributed by atoms with Gasteiger partial charge in [-0.1, -0.05) is 159 Å². The molecule has 0 aromatic rings. The van der Waals surface area contributed by atoms with Gasteiger partial charge in [0.15, 0.2) is 0 Å². The van der Waals surface area contributed by atoms with Crippen LogP contribution >= 0.6 is 0 Å². The summed E-state index contributed by atoms with van der Waals surface area (Å²) in [6.45, 7) is 23.0. The summed E-state index contributed by atoms with van der Waals surface area (Å²) < 4.78 is 21.2. The Morgan fingerprint density at radius 2 is 0.722 bits per heavy atom. The van der Waals surface area contributed by atoms with Crippen LogP contribution in [0.5, 0.6) is 0 Å². The fraction of sp³-hybridized carbons (Fsp3) is 0.913. The maximum atomic E-state index is 12.2. The molecule has 0 saturated heterocycles. The van der Waals surface area contributed by atoms with Gasteiger partial charge in [-0.25, -0.2) is 0 Å². The molecule has 2 unspecified atom stereocenters. The summed E-state index contributed by atoms with van der Waals surface area (Å²) in [6.07, 6.45) is 22.7. The van der Waals surface area contributed by atoms with Gasteiger partial charge in [-0.2, -0.15) is 0 Å². The third kappa shape index (κ3) is 35.6. The standard InChI is InChI=1S/2C23H44O4/c1-18(2)16-26-22(24)15-13-11-9-7-8-10-12-14-21(20(5)6)23(25)27-17-19(3)4;1-5-7-18-26-22(24)17-15-13-11-9-10-12-14-16-21(20(3)4)23(25)27-19-8-6-2/h18-21H,7-17H2,1-6H3;20-21H,5-19H2,1-4H3. The summed E-state index contributed by atoms with van der Waals surface area (Å²) in [7, 11) is 0. The van der Waals surface area contributed by atoms with Crippen LogP contribution in [-0.2, 0) is 38.1 Å². The fourth-order valence-corrected chi connectivity index (χ4v) is 6.00. The molecule has 0 radical (unpaired) electrons. The van der Waals surface area contributed by atoms with E-state index >= 15 is 0 Å². The van der Waals surface area contributed by atoms with E-state index in [-0.39, 0.29) is 35.7 Å². The van der Waals surface area contributed by atoms with Crippen molar-refractivity contribution >= 4 is 23.9 Å². The van der Waals surface area contributed by atoms with Crippen molar-refractivity contribution in [2.45, 2.75) is 210 Å². The van der Waals surface area contributed by atoms with Crippen LogP contribution in [0.4, 0.5) is 0 Å². The third-order valence-corrected chi connectivity index (χ3v) is 9.65. The first-order valence-electron chi connectivity index (χ1n) is 22.4. The molecule has 0 aromatic carbocycles. The van der Waals surface area contributed by atoms with E-state index in [0.717, 1.165) is 83.5 Å². The van der Waals surface area contributed by atoms with Gasteiger partial charge in [-0.15, -0.1) is 0 Å². The van der Waals surface area contributed by atoms with Crippen molar-refractivity contribution in [3.63, 3.8) is 0 Å². The zero-order valence-electron chi connectivity index (χ0n) is 37.1. The molecule has 0 aromatic heterocycles. The van der Waals surface area contributed by atoms with Gasteiger partial charge < -0.3 is 18.9 Å². The quantitative estimate of drug-likeness (QED) is 0.0362. The molecule has 0 rings (SSSR count). The molecule has 8 heteroatoms. The van der Waals surface area contributed by atoms with Crippen LogP contribution in [0.25, 0.3) is 0 Å². The number of hydrogen-bond donors (Lipinski definition) is 0. The summed E-state index contributed by atoms with van der Waals surface area (Å²) in [5.41, 5.74) is 0. The first-order valence-corrected chi connectivity index (χ1v) is 22.4. The smallest absolute Gasteiger partial charge is 0.309 e. The number of carbonyl (C=O) groups is 4. The highest BCUT2D eigenvalue weighted by Gasteiger charge is 2.24. The molecule has 0 heterocycles. The van der Waals surface area contributed by atoms with Crippen LogP contribution in [0.2, 0.25) is 0 Å². The number of hydrogen-bond acceptors (Lipinski definition) is 8. The van der Waals surface area contributed by atoms with Crippen LogP contribution in [0.3, 0.4) is 0 Å². The van der Waals surface area contributed by atoms with Crippen molar-refractivity contribution in [2.24, 2.45) is 35.5 Å². The maximum Gasteiger partial charge on any atom is 0.309 e. The third-order valence-electron chi connectivity index (χ3n) is 9.65. The van der Waals surface area contributed by atoms with E-state index in [9.17, 15) is 19.2 Å². The maximum absolute atomic E-state index is 12.2. The summed E-state index contributed by atoms with van der Waals surface area (Å²) >= 11 is 0. The molecule has 54 heavy (non-hydrogen) atoms. The van der Waals surface area contributed by atoms with E-state index in [4.69, 9.17) is 18.9 Å². The first kappa shape index (κ1) is 54.0. The van der Waals surface area contributed by atoms with Crippen LogP contribution in [-0.4, -0.2) is 50.3 Å². The van der Waals surface area contributed by atoms with Gasteiger partial charge in [-0.05, 0) is 62.2 Å². The normalized spacial score (nSPS) is 12.4. The Morgan fingerprint density at radius 1 is 0.389 bits per heavy atom. The number of esters is 4. The van der Waals surface area contributed by atoms with E-state index in [2.05, 4.69) is 55.4 Å². The average molecular weight is 769 g/mol. The van der Waals surface area contributed by atoms with Crippen molar-refractivity contribution < 1.29 is 38.1 Å². The van der Waals surface area contributed by atoms with Gasteiger partial charge in [0.25, 0.3) is 0 Å². The van der Waals surface area contributed by atoms with Crippen molar-refractivity contribution in [1.82, 2.24) is 0 Å². The minimum Gasteiger partial charge on any atom is -0.466 e. The van der Waals surface area contributed by atoms with E-state index in [1.807, 2.05) is 13.8 Å². The van der Waals surface area contributed by atoms with Crippen LogP contribution in [0, 0.1) is 35.5 Å². The fourth-order valence-electron chi connectivity index (χ4n) is 6.00. The molecule has 8 nitrogen and oxygen atoms in total. The Labute approximate surface area is 333 Å². The molecule has 0 aliphatic carbocycles. The molecule has 0 fully saturated rings. The minimum absolute atomic E-state index is 0.00993. The zero-order chi connectivity index (χ0) is 41.0. The molecule has 0 saturated carbocycles. The molecule has 0 aliphatic rings. The number of ether oxygens (including phenoxy) is 4. The number of carbonyl (C=O) groups excluding carboxylic acids is 4. The summed E-state index contributed by atoms with van der Waals surface area (Å²) in [5, 5.41) is 0. The molecule has 2 atom stereocenters. The van der Waals surface area contributed by atoms with E-state index < -0.39 is 0 Å². The van der Waals surface area contributed by atoms with E-state index in [1.165, 1.54) is 44.9 Å². The van der Waals surface area contributed by atoms with Crippen molar-refractivity contribution in [2.75, 3.05) is 26.4 Å². The lowest BCUT2D eigenvalue weighted by atomic mass is 9.90. The summed E-state index contributed by atoms with van der Waals surface area (Å²) in [6, 6.07) is 0. The minimum atomic E-state index is -0.0622. The summed E-state index contributed by atoms with van der Waals surface area (Å²) in [5.74, 6) is 1.40. The molecule has 0 aliphatic heterocycles. The molecule has 0 amide bonds. The van der Waals surface area contributed by atoms with Gasteiger partial charge in [-0.3, -0.25) is 19.2 Å². The Morgan fingerprint density at radius 3 is 1.11 bits per heavy atom. The van der Waals surface area contributed by atoms with Crippen molar-refractivity contribution in [3.05, 3.63) is 0 Å². The summed E-state index contributed by atoms with van der Waals surface area (Å²) in [4.78, 5) is 47.4. The second kappa shape index (κ2) is 37.8. The van der Waals surface area contributed by atoms with Crippen LogP contribution in [0.15, 0.2) is 0 Å². The van der Waals surface area contributed by atoms with Crippen molar-refractivity contribution in [3.8, 4) is 0 Å². The molecule has 0 N–H and O–H groups in total. The largest absolute Gasteiger partial charge is 0.466 e. The Kier molecular flexibility index (Phi) is 37.8. The van der Waals surface area contributed by atoms with Gasteiger partial charge in [0.2, 0.25) is 0 Å². The molecule has 0 bridgehead atoms. The van der Waals surface area contributed by atoms with E-state index in [1.54, 1.807) is 0 Å². The monoisotopic (exact) mass is 769 g/mol. The number of rotatable bonds is 34. The topological polar surface area (TPSA) is 105 Å². The van der Waals surface area contributed by atoms with Gasteiger partial charge in [0.05, 0.1) is 38.3 Å². The van der Waals surface area contributed by atoms with Crippen molar-refractivity contribution in [1.29, 1.82) is 0 Å². The van der Waals surface area contributed by atoms with Gasteiger partial charge >= 0.3 is 23.9 Å². The zero-order valence-corrected chi connectivity index (χ0v) is 37.1. The molecule has 320 valence electrons. The van der Waals surface area contributed by atoms with Crippen LogP contribution < -0.4 is 0 Å². The average Bonchev–Trinajstić information content (AvgIpc) is 3.11. The predicted molar refractivity (Wildman–Crippen MR) is 223 cm³/mol. The van der Waals surface area contributed by atoms with Gasteiger partial charge in [0, 0.05) is 12.8 Å². The highest BCUT2D eigenvalue weighted by molar-refractivity contribution is 5.73. The molecular formula is C46H88O8. The molecular weight excluding hydrogens is 680 g/mol. The second-order valence-electron chi connectivity index (χ2n) is 16.9. The molecule has 0 spiro atoms. The Bertz CT molecular complexity index is 897. The van der Waals surface area contributed by atoms with Gasteiger partial charge in [0.1, 0.15) is 0 Å². The SMILES string of the molecule is CC(C)COC(=O)CCCCCCCCCC(C(=O)OCC(C)C)C(C)C.CCCCOC(=O)CCCCCCCCCC(C(=O)OCCCC)C(C)C.